The van der Waals surface area contributed by atoms with Crippen LogP contribution in [0.3, 0.4) is 0 Å². The minimum atomic E-state index is -0.352. The first kappa shape index (κ1) is 13.5. The normalized spacial score (nSPS) is 10.3. The zero-order valence-corrected chi connectivity index (χ0v) is 11.7. The second-order valence-corrected chi connectivity index (χ2v) is 4.51. The van der Waals surface area contributed by atoms with Gasteiger partial charge in [-0.25, -0.2) is 4.39 Å². The van der Waals surface area contributed by atoms with Gasteiger partial charge in [-0.15, -0.1) is 0 Å². The summed E-state index contributed by atoms with van der Waals surface area (Å²) in [6.45, 7) is 2.64. The highest BCUT2D eigenvalue weighted by molar-refractivity contribution is 9.10. The fourth-order valence-corrected chi connectivity index (χ4v) is 1.87. The molecular formula is C12H12BrFN4O. The van der Waals surface area contributed by atoms with Gasteiger partial charge < -0.3 is 15.8 Å². The number of halogens is 2. The molecule has 19 heavy (non-hydrogen) atoms. The van der Waals surface area contributed by atoms with Gasteiger partial charge in [-0.3, -0.25) is 0 Å². The van der Waals surface area contributed by atoms with E-state index in [9.17, 15) is 4.39 Å². The van der Waals surface area contributed by atoms with E-state index in [1.54, 1.807) is 6.07 Å². The highest BCUT2D eigenvalue weighted by atomic mass is 79.9. The molecule has 0 aliphatic heterocycles. The lowest BCUT2D eigenvalue weighted by molar-refractivity contribution is 0.458. The first-order chi connectivity index (χ1) is 9.08. The largest absolute Gasteiger partial charge is 0.438 e. The smallest absolute Gasteiger partial charge is 0.226 e. The number of hydrogen-bond donors (Lipinski definition) is 2. The lowest BCUT2D eigenvalue weighted by Gasteiger charge is -2.09. The third-order valence-electron chi connectivity index (χ3n) is 2.19. The van der Waals surface area contributed by atoms with Crippen LogP contribution in [-0.2, 0) is 0 Å². The van der Waals surface area contributed by atoms with Crippen molar-refractivity contribution in [1.82, 2.24) is 9.97 Å². The lowest BCUT2D eigenvalue weighted by atomic mass is 10.3. The topological polar surface area (TPSA) is 73.1 Å². The molecule has 0 saturated carbocycles. The molecule has 0 spiro atoms. The van der Waals surface area contributed by atoms with E-state index in [2.05, 4.69) is 31.2 Å². The van der Waals surface area contributed by atoms with Crippen LogP contribution in [-0.4, -0.2) is 16.5 Å². The monoisotopic (exact) mass is 326 g/mol. The average molecular weight is 327 g/mol. The summed E-state index contributed by atoms with van der Waals surface area (Å²) in [6.07, 6.45) is 0. The molecule has 5 nitrogen and oxygen atoms in total. The van der Waals surface area contributed by atoms with Crippen LogP contribution in [0.15, 0.2) is 28.7 Å². The highest BCUT2D eigenvalue weighted by Crippen LogP contribution is 2.30. The number of hydrogen-bond acceptors (Lipinski definition) is 5. The Kier molecular flexibility index (Phi) is 4.16. The molecular weight excluding hydrogens is 315 g/mol. The molecule has 1 aromatic carbocycles. The number of ether oxygens (including phenoxy) is 1. The number of anilines is 2. The Morgan fingerprint density at radius 2 is 2.16 bits per heavy atom. The van der Waals surface area contributed by atoms with E-state index in [-0.39, 0.29) is 17.6 Å². The molecule has 0 aliphatic rings. The summed E-state index contributed by atoms with van der Waals surface area (Å²) < 4.78 is 19.0. The third-order valence-corrected chi connectivity index (χ3v) is 2.81. The van der Waals surface area contributed by atoms with Crippen molar-refractivity contribution in [2.45, 2.75) is 6.92 Å². The molecule has 1 aromatic heterocycles. The Morgan fingerprint density at radius 1 is 1.37 bits per heavy atom. The van der Waals surface area contributed by atoms with Crippen LogP contribution in [0.5, 0.6) is 11.6 Å². The molecule has 0 radical (unpaired) electrons. The summed E-state index contributed by atoms with van der Waals surface area (Å²) in [6, 6.07) is 5.74. The second-order valence-electron chi connectivity index (χ2n) is 3.66. The maximum Gasteiger partial charge on any atom is 0.226 e. The van der Waals surface area contributed by atoms with Gasteiger partial charge >= 0.3 is 0 Å². The van der Waals surface area contributed by atoms with Crippen LogP contribution in [0.4, 0.5) is 16.2 Å². The van der Waals surface area contributed by atoms with Crippen LogP contribution in [0.2, 0.25) is 0 Å². The van der Waals surface area contributed by atoms with Crippen molar-refractivity contribution in [3.8, 4) is 11.6 Å². The number of nitrogens with zero attached hydrogens (tertiary/aromatic N) is 2. The highest BCUT2D eigenvalue weighted by Gasteiger charge is 2.07. The van der Waals surface area contributed by atoms with E-state index in [1.165, 1.54) is 18.2 Å². The summed E-state index contributed by atoms with van der Waals surface area (Å²) in [5.41, 5.74) is 5.59. The number of nitrogen functional groups attached to an aromatic ring is 1. The predicted octanol–water partition coefficient (Wildman–Crippen LogP) is 3.18. The van der Waals surface area contributed by atoms with E-state index >= 15 is 0 Å². The Morgan fingerprint density at radius 3 is 2.84 bits per heavy atom. The van der Waals surface area contributed by atoms with Gasteiger partial charge in [0, 0.05) is 12.6 Å². The van der Waals surface area contributed by atoms with Crippen LogP contribution in [0, 0.1) is 5.82 Å². The zero-order chi connectivity index (χ0) is 13.8. The molecule has 7 heteroatoms. The Bertz CT molecular complexity index is 594. The molecule has 100 valence electrons. The third kappa shape index (κ3) is 3.54. The number of benzene rings is 1. The van der Waals surface area contributed by atoms with Crippen molar-refractivity contribution in [3.63, 3.8) is 0 Å². The Balaban J connectivity index is 2.27. The van der Waals surface area contributed by atoms with E-state index < -0.39 is 0 Å². The van der Waals surface area contributed by atoms with Crippen LogP contribution >= 0.6 is 15.9 Å². The SMILES string of the molecule is CCNc1cc(Oc2ccc(F)cc2Br)nc(N)n1. The van der Waals surface area contributed by atoms with Crippen molar-refractivity contribution in [2.75, 3.05) is 17.6 Å². The number of nitrogens with two attached hydrogens (primary N) is 1. The Hall–Kier alpha value is -1.89. The van der Waals surface area contributed by atoms with E-state index in [0.29, 0.717) is 22.6 Å². The van der Waals surface area contributed by atoms with Gasteiger partial charge in [0.2, 0.25) is 11.8 Å². The summed E-state index contributed by atoms with van der Waals surface area (Å²) in [5.74, 6) is 1.06. The summed E-state index contributed by atoms with van der Waals surface area (Å²) in [5, 5.41) is 3.02. The number of rotatable bonds is 4. The van der Waals surface area contributed by atoms with Gasteiger partial charge in [0.1, 0.15) is 17.4 Å². The number of aromatic nitrogens is 2. The lowest BCUT2D eigenvalue weighted by Crippen LogP contribution is -2.04. The standard InChI is InChI=1S/C12H12BrFN4O/c1-2-16-10-6-11(18-12(15)17-10)19-9-4-3-7(14)5-8(9)13/h3-6H,2H2,1H3,(H3,15,16,17,18). The molecule has 1 heterocycles. The second kappa shape index (κ2) is 5.83. The van der Waals surface area contributed by atoms with E-state index in [0.717, 1.165) is 0 Å². The van der Waals surface area contributed by atoms with Crippen molar-refractivity contribution in [3.05, 3.63) is 34.6 Å². The molecule has 0 aliphatic carbocycles. The first-order valence-corrected chi connectivity index (χ1v) is 6.39. The van der Waals surface area contributed by atoms with Gasteiger partial charge in [-0.2, -0.15) is 9.97 Å². The molecule has 2 aromatic rings. The Labute approximate surface area is 118 Å². The van der Waals surface area contributed by atoms with Crippen molar-refractivity contribution in [2.24, 2.45) is 0 Å². The minimum Gasteiger partial charge on any atom is -0.438 e. The molecule has 0 atom stereocenters. The number of nitrogens with one attached hydrogen (secondary N) is 1. The molecule has 2 rings (SSSR count). The predicted molar refractivity (Wildman–Crippen MR) is 74.8 cm³/mol. The molecule has 0 bridgehead atoms. The van der Waals surface area contributed by atoms with Gasteiger partial charge in [0.05, 0.1) is 4.47 Å². The molecule has 3 N–H and O–H groups in total. The van der Waals surface area contributed by atoms with Crippen LogP contribution in [0.25, 0.3) is 0 Å². The summed E-state index contributed by atoms with van der Waals surface area (Å²) in [7, 11) is 0. The summed E-state index contributed by atoms with van der Waals surface area (Å²) >= 11 is 3.22. The van der Waals surface area contributed by atoms with Gasteiger partial charge in [-0.1, -0.05) is 0 Å². The van der Waals surface area contributed by atoms with E-state index in [1.807, 2.05) is 6.92 Å². The van der Waals surface area contributed by atoms with Gasteiger partial charge in [0.25, 0.3) is 0 Å². The average Bonchev–Trinajstić information content (AvgIpc) is 2.32. The maximum atomic E-state index is 13.0. The van der Waals surface area contributed by atoms with Crippen molar-refractivity contribution >= 4 is 27.7 Å². The first-order valence-electron chi connectivity index (χ1n) is 5.60. The van der Waals surface area contributed by atoms with Gasteiger partial charge in [0.15, 0.2) is 0 Å². The van der Waals surface area contributed by atoms with E-state index in [4.69, 9.17) is 10.5 Å². The maximum absolute atomic E-state index is 13.0. The van der Waals surface area contributed by atoms with Crippen molar-refractivity contribution < 1.29 is 9.13 Å². The molecule has 0 fully saturated rings. The summed E-state index contributed by atoms with van der Waals surface area (Å²) in [4.78, 5) is 7.97. The molecule has 0 unspecified atom stereocenters. The zero-order valence-electron chi connectivity index (χ0n) is 10.2. The molecule has 0 amide bonds. The molecule has 0 saturated heterocycles. The quantitative estimate of drug-likeness (QED) is 0.902. The fourth-order valence-electron chi connectivity index (χ4n) is 1.44. The fraction of sp³-hybridized carbons (Fsp3) is 0.167. The van der Waals surface area contributed by atoms with Crippen molar-refractivity contribution in [1.29, 1.82) is 0 Å². The van der Waals surface area contributed by atoms with Crippen LogP contribution in [0.1, 0.15) is 6.92 Å². The van der Waals surface area contributed by atoms with Crippen LogP contribution < -0.4 is 15.8 Å². The minimum absolute atomic E-state index is 0.103. The van der Waals surface area contributed by atoms with Gasteiger partial charge in [-0.05, 0) is 41.1 Å².